The first-order chi connectivity index (χ1) is 18.0. The molecule has 0 aliphatic carbocycles. The maximum atomic E-state index is 10.7. The van der Waals surface area contributed by atoms with Crippen molar-refractivity contribution in [2.24, 2.45) is 0 Å². The first kappa shape index (κ1) is 27.5. The number of hydrogen-bond acceptors (Lipinski definition) is 4. The molecule has 38 heavy (non-hydrogen) atoms. The number of hydrogen-bond donors (Lipinski definition) is 1. The van der Waals surface area contributed by atoms with Gasteiger partial charge in [-0.15, -0.1) is 0 Å². The molecule has 0 spiro atoms. The SMILES string of the molecule is CC(C)(C)N1CCCC1(c1ccc(CC(C)(C)N2CCCC2(CO)c2ccccc2Cl)cc1)c1ccoc1. The van der Waals surface area contributed by atoms with Crippen LogP contribution >= 0.6 is 11.6 Å². The molecular formula is C33H43ClN2O2. The molecule has 2 aliphatic rings. The summed E-state index contributed by atoms with van der Waals surface area (Å²) in [6.45, 7) is 13.6. The number of nitrogens with zero attached hydrogens (tertiary/aromatic N) is 2. The van der Waals surface area contributed by atoms with Gasteiger partial charge in [0.05, 0.1) is 30.2 Å². The number of furan rings is 1. The predicted molar refractivity (Wildman–Crippen MR) is 156 cm³/mol. The summed E-state index contributed by atoms with van der Waals surface area (Å²) in [5.41, 5.74) is 4.16. The molecule has 3 aromatic rings. The number of aliphatic hydroxyl groups excluding tert-OH is 1. The second-order valence-corrected chi connectivity index (χ2v) is 13.3. The lowest BCUT2D eigenvalue weighted by atomic mass is 9.79. The minimum atomic E-state index is -0.454. The van der Waals surface area contributed by atoms with E-state index in [1.54, 1.807) is 6.26 Å². The Kier molecular flexibility index (Phi) is 7.32. The molecule has 0 saturated carbocycles. The topological polar surface area (TPSA) is 39.9 Å². The van der Waals surface area contributed by atoms with Crippen LogP contribution in [0.4, 0.5) is 0 Å². The van der Waals surface area contributed by atoms with E-state index in [9.17, 15) is 5.11 Å². The van der Waals surface area contributed by atoms with E-state index >= 15 is 0 Å². The smallest absolute Gasteiger partial charge is 0.0956 e. The second kappa shape index (κ2) is 10.1. The molecular weight excluding hydrogens is 492 g/mol. The van der Waals surface area contributed by atoms with Crippen LogP contribution in [0.2, 0.25) is 5.02 Å². The molecule has 2 aromatic carbocycles. The fraction of sp³-hybridized carbons (Fsp3) is 0.515. The van der Waals surface area contributed by atoms with Crippen LogP contribution in [0.3, 0.4) is 0 Å². The summed E-state index contributed by atoms with van der Waals surface area (Å²) in [5.74, 6) is 0. The van der Waals surface area contributed by atoms with Gasteiger partial charge in [0.15, 0.2) is 0 Å². The van der Waals surface area contributed by atoms with Gasteiger partial charge in [0.25, 0.3) is 0 Å². The standard InChI is InChI=1S/C33H43ClN2O2/c1-30(2,3)35-19-9-18-33(35,27-16-21-38-23-27)26-14-12-25(13-15-26)22-31(4,5)36-20-8-17-32(36,24-37)28-10-6-7-11-29(28)34/h6-7,10-16,21,23,37H,8-9,17-20,22,24H2,1-5H3. The Labute approximate surface area is 233 Å². The van der Waals surface area contributed by atoms with Crippen molar-refractivity contribution in [3.8, 4) is 0 Å². The van der Waals surface area contributed by atoms with Crippen molar-refractivity contribution in [2.45, 2.75) is 88.9 Å². The molecule has 2 fully saturated rings. The Morgan fingerprint density at radius 2 is 1.55 bits per heavy atom. The van der Waals surface area contributed by atoms with Crippen molar-refractivity contribution in [3.05, 3.63) is 94.4 Å². The molecule has 3 heterocycles. The van der Waals surface area contributed by atoms with Gasteiger partial charge >= 0.3 is 0 Å². The summed E-state index contributed by atoms with van der Waals surface area (Å²) in [5, 5.41) is 11.5. The summed E-state index contributed by atoms with van der Waals surface area (Å²) >= 11 is 6.68. The van der Waals surface area contributed by atoms with Crippen LogP contribution < -0.4 is 0 Å². The van der Waals surface area contributed by atoms with E-state index in [2.05, 4.69) is 80.8 Å². The van der Waals surface area contributed by atoms with Crippen molar-refractivity contribution in [2.75, 3.05) is 19.7 Å². The second-order valence-electron chi connectivity index (χ2n) is 12.9. The molecule has 0 bridgehead atoms. The third-order valence-corrected chi connectivity index (χ3v) is 9.44. The predicted octanol–water partition coefficient (Wildman–Crippen LogP) is 7.38. The number of likely N-dealkylation sites (tertiary alicyclic amines) is 2. The molecule has 204 valence electrons. The summed E-state index contributed by atoms with van der Waals surface area (Å²) in [7, 11) is 0. The zero-order chi connectivity index (χ0) is 27.2. The minimum absolute atomic E-state index is 0.0382. The fourth-order valence-electron chi connectivity index (χ4n) is 7.62. The van der Waals surface area contributed by atoms with Crippen molar-refractivity contribution in [1.82, 2.24) is 9.80 Å². The number of benzene rings is 2. The lowest BCUT2D eigenvalue weighted by molar-refractivity contribution is -0.00964. The van der Waals surface area contributed by atoms with Gasteiger partial charge in [-0.05, 0) is 109 Å². The highest BCUT2D eigenvalue weighted by atomic mass is 35.5. The van der Waals surface area contributed by atoms with E-state index in [1.807, 2.05) is 24.5 Å². The molecule has 0 amide bonds. The number of rotatable bonds is 7. The van der Waals surface area contributed by atoms with Crippen LogP contribution in [-0.4, -0.2) is 45.7 Å². The van der Waals surface area contributed by atoms with Crippen molar-refractivity contribution < 1.29 is 9.52 Å². The zero-order valence-corrected chi connectivity index (χ0v) is 24.4. The van der Waals surface area contributed by atoms with Crippen LogP contribution in [0.5, 0.6) is 0 Å². The Morgan fingerprint density at radius 3 is 2.18 bits per heavy atom. The van der Waals surface area contributed by atoms with E-state index in [4.69, 9.17) is 16.0 Å². The van der Waals surface area contributed by atoms with Gasteiger partial charge in [0, 0.05) is 21.7 Å². The van der Waals surface area contributed by atoms with E-state index < -0.39 is 5.54 Å². The van der Waals surface area contributed by atoms with Crippen molar-refractivity contribution >= 4 is 11.6 Å². The van der Waals surface area contributed by atoms with Crippen LogP contribution in [0, 0.1) is 0 Å². The lowest BCUT2D eigenvalue weighted by Gasteiger charge is -2.48. The molecule has 5 rings (SSSR count). The van der Waals surface area contributed by atoms with Crippen LogP contribution in [-0.2, 0) is 17.5 Å². The lowest BCUT2D eigenvalue weighted by Crippen LogP contribution is -2.56. The summed E-state index contributed by atoms with van der Waals surface area (Å²) in [4.78, 5) is 5.15. The van der Waals surface area contributed by atoms with Gasteiger partial charge in [0.1, 0.15) is 0 Å². The Balaban J connectivity index is 1.45. The average Bonchev–Trinajstić information content (AvgIpc) is 3.64. The van der Waals surface area contributed by atoms with Gasteiger partial charge in [0.2, 0.25) is 0 Å². The van der Waals surface area contributed by atoms with Gasteiger partial charge < -0.3 is 9.52 Å². The first-order valence-electron chi connectivity index (χ1n) is 14.1. The molecule has 2 saturated heterocycles. The third kappa shape index (κ3) is 4.54. The van der Waals surface area contributed by atoms with E-state index in [0.717, 1.165) is 55.8 Å². The number of halogens is 1. The summed E-state index contributed by atoms with van der Waals surface area (Å²) < 4.78 is 5.59. The first-order valence-corrected chi connectivity index (χ1v) is 14.5. The zero-order valence-electron chi connectivity index (χ0n) is 23.6. The monoisotopic (exact) mass is 534 g/mol. The Bertz CT molecular complexity index is 1230. The van der Waals surface area contributed by atoms with E-state index in [0.29, 0.717) is 0 Å². The molecule has 2 unspecified atom stereocenters. The molecule has 0 radical (unpaired) electrons. The molecule has 5 heteroatoms. The average molecular weight is 535 g/mol. The van der Waals surface area contributed by atoms with Gasteiger partial charge in [-0.2, -0.15) is 0 Å². The maximum absolute atomic E-state index is 10.7. The summed E-state index contributed by atoms with van der Waals surface area (Å²) in [6.07, 6.45) is 8.82. The maximum Gasteiger partial charge on any atom is 0.0956 e. The third-order valence-electron chi connectivity index (χ3n) is 9.11. The van der Waals surface area contributed by atoms with E-state index in [1.165, 1.54) is 16.7 Å². The van der Waals surface area contributed by atoms with Crippen LogP contribution in [0.25, 0.3) is 0 Å². The quantitative estimate of drug-likeness (QED) is 0.343. The summed E-state index contributed by atoms with van der Waals surface area (Å²) in [6, 6.07) is 19.4. The largest absolute Gasteiger partial charge is 0.472 e. The molecule has 4 nitrogen and oxygen atoms in total. The highest BCUT2D eigenvalue weighted by Crippen LogP contribution is 2.49. The highest BCUT2D eigenvalue weighted by molar-refractivity contribution is 6.31. The van der Waals surface area contributed by atoms with Crippen molar-refractivity contribution in [1.29, 1.82) is 0 Å². The normalized spacial score (nSPS) is 25.3. The molecule has 1 N–H and O–H groups in total. The molecule has 2 aliphatic heterocycles. The van der Waals surface area contributed by atoms with Crippen molar-refractivity contribution in [3.63, 3.8) is 0 Å². The Hall–Kier alpha value is -2.11. The van der Waals surface area contributed by atoms with Gasteiger partial charge in [-0.1, -0.05) is 54.1 Å². The minimum Gasteiger partial charge on any atom is -0.472 e. The Morgan fingerprint density at radius 1 is 0.868 bits per heavy atom. The fourth-order valence-corrected chi connectivity index (χ4v) is 7.93. The van der Waals surface area contributed by atoms with Crippen LogP contribution in [0.15, 0.2) is 71.5 Å². The molecule has 1 aromatic heterocycles. The number of aliphatic hydroxyl groups is 1. The van der Waals surface area contributed by atoms with Gasteiger partial charge in [-0.25, -0.2) is 0 Å². The highest BCUT2D eigenvalue weighted by Gasteiger charge is 2.50. The van der Waals surface area contributed by atoms with Gasteiger partial charge in [-0.3, -0.25) is 9.80 Å². The van der Waals surface area contributed by atoms with E-state index in [-0.39, 0.29) is 23.2 Å². The van der Waals surface area contributed by atoms with Crippen LogP contribution in [0.1, 0.15) is 82.6 Å². The molecule has 2 atom stereocenters.